The van der Waals surface area contributed by atoms with Crippen LogP contribution in [0.15, 0.2) is 76.6 Å². The summed E-state index contributed by atoms with van der Waals surface area (Å²) >= 11 is 1.22. The molecule has 0 aliphatic carbocycles. The Morgan fingerprint density at radius 1 is 1.03 bits per heavy atom. The van der Waals surface area contributed by atoms with Crippen LogP contribution >= 0.6 is 11.8 Å². The molecule has 0 saturated carbocycles. The standard InChI is InChI=1S/C25H21FN2O3S/c1-16-3-5-17(6-4-16)15-31-21-12-7-18(13-22(21)30-2)14-23-24(29)28-25(32-23)27-20-10-8-19(26)9-11-20/h3-14H,15H2,1-2H3,(H,27,28,29)/b23-14+. The Balaban J connectivity index is 1.47. The van der Waals surface area contributed by atoms with E-state index in [1.54, 1.807) is 25.3 Å². The van der Waals surface area contributed by atoms with Crippen molar-refractivity contribution in [1.82, 2.24) is 5.32 Å². The third-order valence-electron chi connectivity index (χ3n) is 4.71. The second-order valence-corrected chi connectivity index (χ2v) is 8.17. The van der Waals surface area contributed by atoms with Crippen molar-refractivity contribution in [3.8, 4) is 11.5 Å². The normalized spacial score (nSPS) is 15.8. The van der Waals surface area contributed by atoms with Gasteiger partial charge in [0.1, 0.15) is 12.4 Å². The van der Waals surface area contributed by atoms with Crippen molar-refractivity contribution in [2.24, 2.45) is 4.99 Å². The molecule has 3 aromatic carbocycles. The van der Waals surface area contributed by atoms with Gasteiger partial charge in [0.15, 0.2) is 16.7 Å². The number of halogens is 1. The molecule has 1 aliphatic heterocycles. The zero-order valence-corrected chi connectivity index (χ0v) is 18.4. The molecule has 7 heteroatoms. The number of hydrogen-bond acceptors (Lipinski definition) is 5. The minimum absolute atomic E-state index is 0.241. The Morgan fingerprint density at radius 3 is 2.50 bits per heavy atom. The van der Waals surface area contributed by atoms with Gasteiger partial charge in [-0.3, -0.25) is 4.79 Å². The first kappa shape index (κ1) is 21.6. The molecule has 5 nitrogen and oxygen atoms in total. The van der Waals surface area contributed by atoms with Crippen LogP contribution in [0.1, 0.15) is 16.7 Å². The largest absolute Gasteiger partial charge is 0.493 e. The van der Waals surface area contributed by atoms with Crippen molar-refractivity contribution in [1.29, 1.82) is 0 Å². The summed E-state index contributed by atoms with van der Waals surface area (Å²) in [5.41, 5.74) is 3.62. The summed E-state index contributed by atoms with van der Waals surface area (Å²) in [7, 11) is 1.58. The lowest BCUT2D eigenvalue weighted by molar-refractivity contribution is -0.115. The SMILES string of the molecule is COc1cc(/C=C2/SC(=Nc3ccc(F)cc3)NC2=O)ccc1OCc1ccc(C)cc1. The highest BCUT2D eigenvalue weighted by Gasteiger charge is 2.24. The zero-order valence-electron chi connectivity index (χ0n) is 17.6. The lowest BCUT2D eigenvalue weighted by atomic mass is 10.1. The van der Waals surface area contributed by atoms with Crippen molar-refractivity contribution in [3.05, 3.63) is 94.1 Å². The molecule has 0 bridgehead atoms. The first-order chi connectivity index (χ1) is 15.5. The number of benzene rings is 3. The number of hydrogen-bond donors (Lipinski definition) is 1. The molecule has 1 aliphatic rings. The number of nitrogens with one attached hydrogen (secondary N) is 1. The van der Waals surface area contributed by atoms with Crippen LogP contribution in [0.2, 0.25) is 0 Å². The van der Waals surface area contributed by atoms with Crippen molar-refractivity contribution < 1.29 is 18.7 Å². The topological polar surface area (TPSA) is 59.9 Å². The van der Waals surface area contributed by atoms with Gasteiger partial charge >= 0.3 is 0 Å². The first-order valence-electron chi connectivity index (χ1n) is 9.92. The van der Waals surface area contributed by atoms with Crippen LogP contribution in [-0.2, 0) is 11.4 Å². The second kappa shape index (κ2) is 9.70. The molecule has 1 heterocycles. The lowest BCUT2D eigenvalue weighted by Gasteiger charge is -2.11. The van der Waals surface area contributed by atoms with E-state index in [2.05, 4.69) is 10.3 Å². The van der Waals surface area contributed by atoms with E-state index in [-0.39, 0.29) is 11.7 Å². The molecule has 0 unspecified atom stereocenters. The maximum absolute atomic E-state index is 13.1. The molecule has 1 N–H and O–H groups in total. The van der Waals surface area contributed by atoms with Gasteiger partial charge in [0.25, 0.3) is 5.91 Å². The van der Waals surface area contributed by atoms with Gasteiger partial charge in [-0.2, -0.15) is 0 Å². The lowest BCUT2D eigenvalue weighted by Crippen LogP contribution is -2.19. The van der Waals surface area contributed by atoms with Crippen LogP contribution in [0.4, 0.5) is 10.1 Å². The Kier molecular flexibility index (Phi) is 6.56. The Bertz CT molecular complexity index is 1190. The van der Waals surface area contributed by atoms with Crippen molar-refractivity contribution in [2.45, 2.75) is 13.5 Å². The number of amides is 1. The van der Waals surface area contributed by atoms with E-state index < -0.39 is 0 Å². The summed E-state index contributed by atoms with van der Waals surface area (Å²) in [4.78, 5) is 17.2. The highest BCUT2D eigenvalue weighted by Crippen LogP contribution is 2.32. The predicted octanol–water partition coefficient (Wildman–Crippen LogP) is 5.61. The van der Waals surface area contributed by atoms with E-state index in [1.165, 1.54) is 29.5 Å². The molecule has 4 rings (SSSR count). The molecule has 0 spiro atoms. The average Bonchev–Trinajstić information content (AvgIpc) is 3.13. The summed E-state index contributed by atoms with van der Waals surface area (Å²) in [5.74, 6) is 0.625. The number of carbonyl (C=O) groups excluding carboxylic acids is 1. The van der Waals surface area contributed by atoms with Crippen molar-refractivity contribution in [2.75, 3.05) is 7.11 Å². The molecule has 1 saturated heterocycles. The quantitative estimate of drug-likeness (QED) is 0.498. The second-order valence-electron chi connectivity index (χ2n) is 7.14. The molecule has 0 atom stereocenters. The number of amidine groups is 1. The van der Waals surface area contributed by atoms with E-state index >= 15 is 0 Å². The number of rotatable bonds is 6. The number of nitrogens with zero attached hydrogens (tertiary/aromatic N) is 1. The van der Waals surface area contributed by atoms with E-state index in [0.717, 1.165) is 11.1 Å². The van der Waals surface area contributed by atoms with Crippen molar-refractivity contribution >= 4 is 34.6 Å². The molecule has 1 fully saturated rings. The molecule has 1 amide bonds. The fourth-order valence-corrected chi connectivity index (χ4v) is 3.85. The zero-order chi connectivity index (χ0) is 22.5. The highest BCUT2D eigenvalue weighted by atomic mass is 32.2. The van der Waals surface area contributed by atoms with Gasteiger partial charge < -0.3 is 14.8 Å². The van der Waals surface area contributed by atoms with Gasteiger partial charge in [-0.15, -0.1) is 0 Å². The Morgan fingerprint density at radius 2 is 1.78 bits per heavy atom. The molecule has 3 aromatic rings. The Hall–Kier alpha value is -3.58. The van der Waals surface area contributed by atoms with Crippen LogP contribution in [0.25, 0.3) is 6.08 Å². The van der Waals surface area contributed by atoms with Crippen LogP contribution in [0.5, 0.6) is 11.5 Å². The van der Waals surface area contributed by atoms with E-state index in [4.69, 9.17) is 9.47 Å². The summed E-state index contributed by atoms with van der Waals surface area (Å²) in [6.45, 7) is 2.47. The first-order valence-corrected chi connectivity index (χ1v) is 10.7. The van der Waals surface area contributed by atoms with E-state index in [1.807, 2.05) is 49.4 Å². The van der Waals surface area contributed by atoms with E-state index in [0.29, 0.717) is 33.9 Å². The molecule has 162 valence electrons. The number of aryl methyl sites for hydroxylation is 1. The van der Waals surface area contributed by atoms with Gasteiger partial charge in [0.2, 0.25) is 0 Å². The minimum atomic E-state index is -0.335. The third-order valence-corrected chi connectivity index (χ3v) is 5.62. The van der Waals surface area contributed by atoms with Crippen LogP contribution in [-0.4, -0.2) is 18.2 Å². The summed E-state index contributed by atoms with van der Waals surface area (Å²) in [5, 5.41) is 3.17. The maximum atomic E-state index is 13.1. The number of aliphatic imine (C=N–C) groups is 1. The summed E-state index contributed by atoms with van der Waals surface area (Å²) in [6, 6.07) is 19.4. The maximum Gasteiger partial charge on any atom is 0.264 e. The van der Waals surface area contributed by atoms with Gasteiger partial charge in [-0.25, -0.2) is 9.38 Å². The molecule has 0 aromatic heterocycles. The number of thioether (sulfide) groups is 1. The number of methoxy groups -OCH3 is 1. The van der Waals surface area contributed by atoms with Gasteiger partial charge in [0.05, 0.1) is 17.7 Å². The number of ether oxygens (including phenoxy) is 2. The number of carbonyl (C=O) groups is 1. The fourth-order valence-electron chi connectivity index (χ4n) is 3.00. The van der Waals surface area contributed by atoms with Crippen LogP contribution in [0, 0.1) is 12.7 Å². The molecular formula is C25H21FN2O3S. The monoisotopic (exact) mass is 448 g/mol. The average molecular weight is 449 g/mol. The molecule has 0 radical (unpaired) electrons. The van der Waals surface area contributed by atoms with Gasteiger partial charge in [0, 0.05) is 0 Å². The van der Waals surface area contributed by atoms with Gasteiger partial charge in [-0.1, -0.05) is 35.9 Å². The summed E-state index contributed by atoms with van der Waals surface area (Å²) < 4.78 is 24.4. The van der Waals surface area contributed by atoms with Gasteiger partial charge in [-0.05, 0) is 72.3 Å². The Labute approximate surface area is 190 Å². The van der Waals surface area contributed by atoms with E-state index in [9.17, 15) is 9.18 Å². The molecular weight excluding hydrogens is 427 g/mol. The predicted molar refractivity (Wildman–Crippen MR) is 126 cm³/mol. The van der Waals surface area contributed by atoms with Crippen LogP contribution in [0.3, 0.4) is 0 Å². The highest BCUT2D eigenvalue weighted by molar-refractivity contribution is 8.18. The summed E-state index contributed by atoms with van der Waals surface area (Å²) in [6.07, 6.45) is 1.76. The fraction of sp³-hybridized carbons (Fsp3) is 0.120. The third kappa shape index (κ3) is 5.36. The van der Waals surface area contributed by atoms with Crippen LogP contribution < -0.4 is 14.8 Å². The molecule has 32 heavy (non-hydrogen) atoms. The smallest absolute Gasteiger partial charge is 0.264 e. The van der Waals surface area contributed by atoms with Crippen molar-refractivity contribution in [3.63, 3.8) is 0 Å². The minimum Gasteiger partial charge on any atom is -0.493 e.